The molecule has 0 fully saturated rings. The van der Waals surface area contributed by atoms with E-state index in [0.29, 0.717) is 0 Å². The number of rotatable bonds is 3. The lowest BCUT2D eigenvalue weighted by atomic mass is 10.1. The minimum absolute atomic E-state index is 0.881. The summed E-state index contributed by atoms with van der Waals surface area (Å²) in [5.74, 6) is 0. The van der Waals surface area contributed by atoms with Gasteiger partial charge in [-0.3, -0.25) is 0 Å². The maximum absolute atomic E-state index is 3.48. The molecule has 0 unspecified atom stereocenters. The monoisotopic (exact) mass is 337 g/mol. The molecule has 0 saturated heterocycles. The Bertz CT molecular complexity index is 520. The molecule has 0 atom stereocenters. The molecule has 2 heteroatoms. The summed E-state index contributed by atoms with van der Waals surface area (Å²) in [6, 6.07) is 15.0. The van der Waals surface area contributed by atoms with Gasteiger partial charge in [0.2, 0.25) is 0 Å². The second kappa shape index (κ2) is 5.54. The van der Waals surface area contributed by atoms with Crippen molar-refractivity contribution < 1.29 is 0 Å². The molecular weight excluding hydrogens is 321 g/mol. The summed E-state index contributed by atoms with van der Waals surface area (Å²) in [5.41, 5.74) is 5.23. The minimum atomic E-state index is 0.881. The molecule has 88 valence electrons. The fourth-order valence-electron chi connectivity index (χ4n) is 1.84. The number of nitrogens with one attached hydrogen (secondary N) is 1. The van der Waals surface area contributed by atoms with Crippen LogP contribution >= 0.6 is 22.6 Å². The van der Waals surface area contributed by atoms with Gasteiger partial charge in [-0.1, -0.05) is 35.9 Å². The molecule has 17 heavy (non-hydrogen) atoms. The van der Waals surface area contributed by atoms with Crippen LogP contribution in [0.25, 0.3) is 0 Å². The first-order valence-corrected chi connectivity index (χ1v) is 6.79. The summed E-state index contributed by atoms with van der Waals surface area (Å²) in [6.45, 7) is 5.18. The van der Waals surface area contributed by atoms with E-state index >= 15 is 0 Å². The smallest absolute Gasteiger partial charge is 0.0478 e. The zero-order valence-electron chi connectivity index (χ0n) is 10.1. The van der Waals surface area contributed by atoms with Crippen molar-refractivity contribution in [1.29, 1.82) is 0 Å². The normalized spacial score (nSPS) is 10.3. The van der Waals surface area contributed by atoms with Gasteiger partial charge in [-0.15, -0.1) is 0 Å². The number of hydrogen-bond donors (Lipinski definition) is 1. The van der Waals surface area contributed by atoms with Gasteiger partial charge >= 0.3 is 0 Å². The van der Waals surface area contributed by atoms with E-state index < -0.39 is 0 Å². The van der Waals surface area contributed by atoms with Gasteiger partial charge in [0.1, 0.15) is 0 Å². The molecule has 1 N–H and O–H groups in total. The molecule has 0 aliphatic carbocycles. The van der Waals surface area contributed by atoms with Gasteiger partial charge < -0.3 is 5.32 Å². The van der Waals surface area contributed by atoms with E-state index in [4.69, 9.17) is 0 Å². The average molecular weight is 337 g/mol. The van der Waals surface area contributed by atoms with Crippen LogP contribution in [0.3, 0.4) is 0 Å². The van der Waals surface area contributed by atoms with Crippen molar-refractivity contribution in [3.8, 4) is 0 Å². The molecular formula is C15H16IN. The van der Waals surface area contributed by atoms with Crippen molar-refractivity contribution >= 4 is 28.3 Å². The summed E-state index contributed by atoms with van der Waals surface area (Å²) in [6.07, 6.45) is 0. The van der Waals surface area contributed by atoms with Crippen molar-refractivity contribution in [1.82, 2.24) is 0 Å². The first kappa shape index (κ1) is 12.4. The van der Waals surface area contributed by atoms with Crippen molar-refractivity contribution in [2.75, 3.05) is 5.32 Å². The summed E-state index contributed by atoms with van der Waals surface area (Å²) in [5, 5.41) is 3.48. The Morgan fingerprint density at radius 2 is 1.82 bits per heavy atom. The summed E-state index contributed by atoms with van der Waals surface area (Å²) < 4.78 is 1.26. The molecule has 2 aromatic rings. The molecule has 0 aliphatic rings. The molecule has 0 spiro atoms. The predicted octanol–water partition coefficient (Wildman–Crippen LogP) is 4.52. The molecule has 2 rings (SSSR count). The topological polar surface area (TPSA) is 12.0 Å². The number of hydrogen-bond acceptors (Lipinski definition) is 1. The van der Waals surface area contributed by atoms with Gasteiger partial charge in [0.05, 0.1) is 0 Å². The molecule has 0 bridgehead atoms. The van der Waals surface area contributed by atoms with E-state index in [1.54, 1.807) is 0 Å². The van der Waals surface area contributed by atoms with Crippen LogP contribution in [0.5, 0.6) is 0 Å². The standard InChI is InChI=1S/C15H16IN/c1-11-7-8-13(12(2)9-11)10-17-15-6-4-3-5-14(15)16/h3-9,17H,10H2,1-2H3. The Morgan fingerprint density at radius 3 is 2.53 bits per heavy atom. The Labute approximate surface area is 116 Å². The third-order valence-electron chi connectivity index (χ3n) is 2.84. The first-order chi connectivity index (χ1) is 8.16. The van der Waals surface area contributed by atoms with Crippen LogP contribution in [-0.4, -0.2) is 0 Å². The quantitative estimate of drug-likeness (QED) is 0.812. The van der Waals surface area contributed by atoms with Crippen LogP contribution in [0.2, 0.25) is 0 Å². The highest BCUT2D eigenvalue weighted by Crippen LogP contribution is 2.19. The summed E-state index contributed by atoms with van der Waals surface area (Å²) in [7, 11) is 0. The molecule has 0 saturated carbocycles. The SMILES string of the molecule is Cc1ccc(CNc2ccccc2I)c(C)c1. The highest BCUT2D eigenvalue weighted by atomic mass is 127. The summed E-state index contributed by atoms with van der Waals surface area (Å²) in [4.78, 5) is 0. The van der Waals surface area contributed by atoms with Crippen molar-refractivity contribution in [2.24, 2.45) is 0 Å². The first-order valence-electron chi connectivity index (χ1n) is 5.71. The second-order valence-corrected chi connectivity index (χ2v) is 5.43. The van der Waals surface area contributed by atoms with E-state index in [0.717, 1.165) is 6.54 Å². The third-order valence-corrected chi connectivity index (χ3v) is 3.78. The van der Waals surface area contributed by atoms with Crippen LogP contribution in [0.4, 0.5) is 5.69 Å². The van der Waals surface area contributed by atoms with Crippen molar-refractivity contribution in [3.63, 3.8) is 0 Å². The second-order valence-electron chi connectivity index (χ2n) is 4.26. The molecule has 0 heterocycles. The number of halogens is 1. The van der Waals surface area contributed by atoms with E-state index in [9.17, 15) is 0 Å². The number of para-hydroxylation sites is 1. The van der Waals surface area contributed by atoms with Crippen LogP contribution < -0.4 is 5.32 Å². The molecule has 0 radical (unpaired) electrons. The van der Waals surface area contributed by atoms with Crippen LogP contribution in [0.15, 0.2) is 42.5 Å². The van der Waals surface area contributed by atoms with E-state index in [2.05, 4.69) is 84.2 Å². The lowest BCUT2D eigenvalue weighted by molar-refractivity contribution is 1.11. The van der Waals surface area contributed by atoms with Gasteiger partial charge in [0.15, 0.2) is 0 Å². The highest BCUT2D eigenvalue weighted by Gasteiger charge is 2.00. The maximum atomic E-state index is 3.48. The van der Waals surface area contributed by atoms with E-state index in [1.165, 1.54) is 25.9 Å². The summed E-state index contributed by atoms with van der Waals surface area (Å²) >= 11 is 2.35. The Kier molecular flexibility index (Phi) is 4.05. The fourth-order valence-corrected chi connectivity index (χ4v) is 2.42. The lowest BCUT2D eigenvalue weighted by Crippen LogP contribution is -2.02. The minimum Gasteiger partial charge on any atom is -0.380 e. The number of benzene rings is 2. The highest BCUT2D eigenvalue weighted by molar-refractivity contribution is 14.1. The molecule has 0 amide bonds. The maximum Gasteiger partial charge on any atom is 0.0478 e. The third kappa shape index (κ3) is 3.22. The van der Waals surface area contributed by atoms with Crippen molar-refractivity contribution in [3.05, 3.63) is 62.7 Å². The molecule has 2 aromatic carbocycles. The Balaban J connectivity index is 2.10. The Morgan fingerprint density at radius 1 is 1.06 bits per heavy atom. The van der Waals surface area contributed by atoms with E-state index in [-0.39, 0.29) is 0 Å². The van der Waals surface area contributed by atoms with Gasteiger partial charge in [-0.25, -0.2) is 0 Å². The zero-order valence-corrected chi connectivity index (χ0v) is 12.3. The van der Waals surface area contributed by atoms with Gasteiger partial charge in [-0.05, 0) is 59.7 Å². The molecule has 0 aliphatic heterocycles. The van der Waals surface area contributed by atoms with Crippen LogP contribution in [-0.2, 0) is 6.54 Å². The lowest BCUT2D eigenvalue weighted by Gasteiger charge is -2.11. The zero-order chi connectivity index (χ0) is 12.3. The number of anilines is 1. The van der Waals surface area contributed by atoms with Gasteiger partial charge in [-0.2, -0.15) is 0 Å². The van der Waals surface area contributed by atoms with Gasteiger partial charge in [0, 0.05) is 15.8 Å². The van der Waals surface area contributed by atoms with Crippen LogP contribution in [0.1, 0.15) is 16.7 Å². The predicted molar refractivity (Wildman–Crippen MR) is 82.4 cm³/mol. The van der Waals surface area contributed by atoms with Crippen molar-refractivity contribution in [2.45, 2.75) is 20.4 Å². The van der Waals surface area contributed by atoms with Crippen LogP contribution in [0, 0.1) is 17.4 Å². The molecule has 0 aromatic heterocycles. The van der Waals surface area contributed by atoms with Gasteiger partial charge in [0.25, 0.3) is 0 Å². The average Bonchev–Trinajstić information content (AvgIpc) is 2.30. The number of aryl methyl sites for hydroxylation is 2. The largest absolute Gasteiger partial charge is 0.380 e. The fraction of sp³-hybridized carbons (Fsp3) is 0.200. The Hall–Kier alpha value is -1.03. The molecule has 1 nitrogen and oxygen atoms in total. The van der Waals surface area contributed by atoms with E-state index in [1.807, 2.05) is 0 Å².